The van der Waals surface area contributed by atoms with Gasteiger partial charge in [-0.25, -0.2) is 4.79 Å². The quantitative estimate of drug-likeness (QED) is 0.0927. The van der Waals surface area contributed by atoms with E-state index in [-0.39, 0.29) is 66.7 Å². The second-order valence-electron chi connectivity index (χ2n) is 54.4. The van der Waals surface area contributed by atoms with Crippen molar-refractivity contribution >= 4 is 49.3 Å². The molecule has 0 aliphatic heterocycles. The number of aliphatic hydroxyl groups is 3. The van der Waals surface area contributed by atoms with E-state index >= 15 is 0 Å². The lowest BCUT2D eigenvalue weighted by Crippen LogP contribution is -2.51. The minimum absolute atomic E-state index is 0.0303. The van der Waals surface area contributed by atoms with E-state index in [0.29, 0.717) is 118 Å². The van der Waals surface area contributed by atoms with Gasteiger partial charge in [-0.1, -0.05) is 59.8 Å². The van der Waals surface area contributed by atoms with Gasteiger partial charge in [0.15, 0.2) is 30.7 Å². The Bertz CT molecular complexity index is 5920. The van der Waals surface area contributed by atoms with Crippen molar-refractivity contribution in [3.63, 3.8) is 0 Å². The Morgan fingerprint density at radius 1 is 0.329 bits per heavy atom. The maximum Gasteiger partial charge on any atom is 0.335 e. The molecule has 24 aliphatic carbocycles. The molecule has 0 aromatic carbocycles. The number of methoxy groups -OCH3 is 4. The second kappa shape index (κ2) is 33.4. The minimum atomic E-state index is -1.49. The van der Waals surface area contributed by atoms with Crippen molar-refractivity contribution < 1.29 is 89.8 Å². The van der Waals surface area contributed by atoms with Crippen molar-refractivity contribution in [3.8, 4) is 0 Å². The van der Waals surface area contributed by atoms with Gasteiger partial charge in [-0.2, -0.15) is 0 Å². The van der Waals surface area contributed by atoms with Crippen LogP contribution in [0.2, 0.25) is 0 Å². The zero-order valence-electron chi connectivity index (χ0n) is 86.9. The number of hydrogen-bond donors (Lipinski definition) is 4. The number of furan rings is 6. The normalized spacial score (nSPS) is 49.1. The van der Waals surface area contributed by atoms with Gasteiger partial charge in [0.25, 0.3) is 0 Å². The summed E-state index contributed by atoms with van der Waals surface area (Å²) in [6, 6.07) is 13.1. The number of carbonyl (C=O) groups is 5. The Balaban J connectivity index is 0.0000000900. The van der Waals surface area contributed by atoms with Crippen molar-refractivity contribution in [2.45, 2.75) is 380 Å². The Morgan fingerprint density at radius 3 is 0.993 bits per heavy atom. The molecule has 18 saturated carbocycles. The third-order valence-electron chi connectivity index (χ3n) is 50.0. The molecular formula is C124H160O19. The number of aliphatic carboxylic acids is 1. The van der Waals surface area contributed by atoms with Crippen molar-refractivity contribution in [1.82, 2.24) is 0 Å². The van der Waals surface area contributed by atoms with Crippen LogP contribution in [0.1, 0.15) is 395 Å². The lowest BCUT2D eigenvalue weighted by Gasteiger charge is -2.59. The van der Waals surface area contributed by atoms with Crippen molar-refractivity contribution in [3.05, 3.63) is 160 Å². The van der Waals surface area contributed by atoms with E-state index in [1.54, 1.807) is 14.2 Å². The summed E-state index contributed by atoms with van der Waals surface area (Å²) in [5.74, 6) is 14.8. The summed E-state index contributed by atoms with van der Waals surface area (Å²) in [7, 11) is 7.19. The molecule has 19 nitrogen and oxygen atoms in total. The molecule has 6 aromatic heterocycles. The first kappa shape index (κ1) is 96.6. The molecule has 24 aliphatic rings. The molecule has 36 atom stereocenters. The molecule has 0 radical (unpaired) electrons. The average Bonchev–Trinajstić information content (AvgIpc) is 1.66. The fourth-order valence-corrected chi connectivity index (χ4v) is 44.2. The van der Waals surface area contributed by atoms with Crippen molar-refractivity contribution in [2.75, 3.05) is 35.0 Å². The van der Waals surface area contributed by atoms with Gasteiger partial charge in [0, 0.05) is 64.4 Å². The van der Waals surface area contributed by atoms with Crippen LogP contribution in [0.25, 0.3) is 18.2 Å². The summed E-state index contributed by atoms with van der Waals surface area (Å²) in [6.45, 7) is 15.5. The zero-order valence-corrected chi connectivity index (χ0v) is 86.9. The zero-order chi connectivity index (χ0) is 98.9. The summed E-state index contributed by atoms with van der Waals surface area (Å²) in [4.78, 5) is 58.7. The maximum absolute atomic E-state index is 11.9. The summed E-state index contributed by atoms with van der Waals surface area (Å²) >= 11 is 0. The first-order chi connectivity index (χ1) is 68.6. The molecule has 770 valence electrons. The van der Waals surface area contributed by atoms with Crippen LogP contribution in [0.3, 0.4) is 0 Å². The van der Waals surface area contributed by atoms with Gasteiger partial charge in [-0.15, -0.1) is 0 Å². The van der Waals surface area contributed by atoms with Gasteiger partial charge < -0.3 is 85.1 Å². The van der Waals surface area contributed by atoms with E-state index in [9.17, 15) is 44.4 Å². The summed E-state index contributed by atoms with van der Waals surface area (Å²) in [5.41, 5.74) is 6.60. The fourth-order valence-electron chi connectivity index (χ4n) is 44.2. The number of carbonyl (C=O) groups excluding carboxylic acids is 4. The van der Waals surface area contributed by atoms with E-state index in [2.05, 4.69) is 114 Å². The van der Waals surface area contributed by atoms with Crippen LogP contribution in [0.5, 0.6) is 0 Å². The van der Waals surface area contributed by atoms with E-state index in [4.69, 9.17) is 45.5 Å². The van der Waals surface area contributed by atoms with Crippen LogP contribution in [0.15, 0.2) is 119 Å². The van der Waals surface area contributed by atoms with Gasteiger partial charge in [-0.05, 0) is 493 Å². The number of aryl methyl sites for hydroxylation is 3. The second-order valence-corrected chi connectivity index (χ2v) is 54.4. The molecule has 30 rings (SSSR count). The number of carboxylic acids is 1. The molecule has 0 amide bonds. The molecular weight excluding hydrogens is 1790 g/mol. The van der Waals surface area contributed by atoms with Gasteiger partial charge >= 0.3 is 5.97 Å². The SMILES string of the molecule is COC[C@@]1(OC)C[C@@]23CC[C@@H]4c5ccoc5C=C[C@@]4(C)[C@@H]2CC[C@@H]1C3.CO[C@]1(C=O)C[C@@]23CC[C@@H]4c5ccoc5C=C[C@@]4(C)[C@@H]2CC[C@@H]1C3.CO[C@]1(C=O)C[C@@]23CC[C@@H]4c5ccoc5CC[C@@]4(C)[C@@H]2CC[C@@H]1C3.C[C@@]12C=Cc3occc3[C@H]1CC[C@@]13C[C@@H](CC[C@H]12)[C@@](O)(C=O)C3.C[C@@]12CCc3occc3[C@H]1CC[C@@]13C[C@@H](CC[C@H]12)[C@@](O)(C(=O)O)C3.C[C@@]12CCc3occc3[C@H]1CC[C@@]13C[C@@H](CC[C@H]12)[C@@](O)(C=O)C3. The smallest absolute Gasteiger partial charge is 0.335 e. The molecule has 6 spiro atoms. The number of rotatable bonds is 10. The minimum Gasteiger partial charge on any atom is -0.479 e. The third-order valence-corrected chi connectivity index (χ3v) is 50.0. The molecule has 19 heteroatoms. The molecule has 18 fully saturated rings. The number of fused-ring (bicyclic) bond motifs is 30. The first-order valence-electron chi connectivity index (χ1n) is 56.5. The monoisotopic (exact) mass is 1950 g/mol. The van der Waals surface area contributed by atoms with Crippen LogP contribution in [0, 0.1) is 136 Å². The van der Waals surface area contributed by atoms with Crippen LogP contribution in [-0.4, -0.2) is 120 Å². The highest BCUT2D eigenvalue weighted by molar-refractivity contribution is 5.78. The fraction of sp³-hybridized carbons (Fsp3) is 0.718. The molecule has 6 aromatic rings. The molecule has 143 heavy (non-hydrogen) atoms. The Labute approximate surface area is 845 Å². The third kappa shape index (κ3) is 13.5. The standard InChI is InChI=1S/C22H30O3.C21H28O3.C21H26O3.C20H26O4.C20H26O3.C20H24O3/c1-20-9-7-18-16(8-11-25-18)17(20)6-10-21-12-15(4-5-19(20)21)22(13-21,24-3)14-23-2;2*1-19-8-6-17-15(7-10-24-17)16(19)5-9-20-11-14(3-4-18(19)20)21(12-20,13-22)23-2;1-18-7-5-15-13(6-9-24-15)14(18)4-8-19-10-12(2-3-16(18)19)20(23,11-19)17(21)22;2*1-18-7-5-16-14(6-9-23-16)15(18)4-8-19-10-13(2-3-17(18)19)20(22,11-19)12-21/h7-9,11,15,17,19H,4-6,10,12-14H2,1-3H3;7,10,13-14,16,18H,3-6,8-9,11-12H2,1-2H3;6-8,10,13-14,16,18H,3-5,9,11-12H2,1-2H3;6,9,12,14,16,23H,2-5,7-8,10-11H2,1H3,(H,21,22);6,9,12-13,15,17,22H,2-5,7-8,10-11H2,1H3;5-7,9,12-13,15,17,22H,2-4,8,10-11H2,1H3/t15-,17-,19+,20-,21+,22+;2*14-,16-,18+,19-,20+,21+;12-,14-,16+,18-,19+,20-;2*13-,15-,17+,18-,19+,20+/m111111/s1. The topological polar surface area (TPSA) is 282 Å². The number of carboxylic acid groups (broad SMARTS) is 1. The number of allylic oxidation sites excluding steroid dienone is 3. The molecule has 0 unspecified atom stereocenters. The van der Waals surface area contributed by atoms with Gasteiger partial charge in [0.2, 0.25) is 0 Å². The first-order valence-corrected chi connectivity index (χ1v) is 56.5. The van der Waals surface area contributed by atoms with Crippen molar-refractivity contribution in [2.24, 2.45) is 136 Å². The van der Waals surface area contributed by atoms with E-state index in [1.807, 2.05) is 51.8 Å². The Kier molecular flexibility index (Phi) is 22.6. The highest BCUT2D eigenvalue weighted by Crippen LogP contribution is 2.80. The van der Waals surface area contributed by atoms with E-state index in [1.165, 1.54) is 160 Å². The number of hydrogen-bond acceptors (Lipinski definition) is 18. The molecule has 4 N–H and O–H groups in total. The number of ether oxygens (including phenoxy) is 4. The van der Waals surface area contributed by atoms with Crippen LogP contribution >= 0.6 is 0 Å². The van der Waals surface area contributed by atoms with Crippen molar-refractivity contribution in [1.29, 1.82) is 0 Å². The summed E-state index contributed by atoms with van der Waals surface area (Å²) in [5, 5.41) is 42.1. The van der Waals surface area contributed by atoms with E-state index < -0.39 is 34.0 Å². The molecule has 0 saturated heterocycles. The number of aldehydes is 4. The Hall–Kier alpha value is -7.23. The lowest BCUT2D eigenvalue weighted by atomic mass is 9.45. The summed E-state index contributed by atoms with van der Waals surface area (Å²) < 4.78 is 57.6. The van der Waals surface area contributed by atoms with E-state index in [0.717, 1.165) is 201 Å². The summed E-state index contributed by atoms with van der Waals surface area (Å²) in [6.07, 6.45) is 75.0. The highest BCUT2D eigenvalue weighted by atomic mass is 16.5. The largest absolute Gasteiger partial charge is 0.479 e. The van der Waals surface area contributed by atoms with Gasteiger partial charge in [-0.3, -0.25) is 0 Å². The molecule has 12 bridgehead atoms. The average molecular weight is 1950 g/mol. The van der Waals surface area contributed by atoms with Crippen LogP contribution in [0.4, 0.5) is 0 Å². The van der Waals surface area contributed by atoms with Crippen LogP contribution in [-0.2, 0) is 62.2 Å². The maximum atomic E-state index is 11.9. The Morgan fingerprint density at radius 2 is 0.629 bits per heavy atom. The van der Waals surface area contributed by atoms with Gasteiger partial charge in [0.1, 0.15) is 57.0 Å². The lowest BCUT2D eigenvalue weighted by molar-refractivity contribution is -0.163. The van der Waals surface area contributed by atoms with Gasteiger partial charge in [0.05, 0.1) is 49.8 Å². The predicted molar refractivity (Wildman–Crippen MR) is 540 cm³/mol. The van der Waals surface area contributed by atoms with Crippen LogP contribution < -0.4 is 0 Å². The highest BCUT2D eigenvalue weighted by Gasteiger charge is 2.75. The molecule has 6 heterocycles. The predicted octanol–water partition coefficient (Wildman–Crippen LogP) is 25.6.